The van der Waals surface area contributed by atoms with Gasteiger partial charge in [0.2, 0.25) is 0 Å². The lowest BCUT2D eigenvalue weighted by molar-refractivity contribution is -0.118. The number of nitrogens with zero attached hydrogens (tertiary/aromatic N) is 1. The van der Waals surface area contributed by atoms with E-state index in [1.54, 1.807) is 30.5 Å². The molecule has 132 valence electrons. The number of hydrogen-bond donors (Lipinski definition) is 1. The van der Waals surface area contributed by atoms with Crippen molar-refractivity contribution in [3.05, 3.63) is 84.2 Å². The minimum atomic E-state index is -0.222. The van der Waals surface area contributed by atoms with Gasteiger partial charge in [-0.3, -0.25) is 9.78 Å². The zero-order valence-corrected chi connectivity index (χ0v) is 14.5. The van der Waals surface area contributed by atoms with Gasteiger partial charge < -0.3 is 14.8 Å². The number of carbonyl (C=O) groups excluding carboxylic acids is 1. The number of aromatic nitrogens is 1. The molecule has 1 aromatic heterocycles. The lowest BCUT2D eigenvalue weighted by Crippen LogP contribution is -2.20. The summed E-state index contributed by atoms with van der Waals surface area (Å²) >= 11 is 0. The van der Waals surface area contributed by atoms with E-state index in [2.05, 4.69) is 10.3 Å². The van der Waals surface area contributed by atoms with Crippen LogP contribution in [-0.2, 0) is 11.4 Å². The molecule has 0 unspecified atom stereocenters. The van der Waals surface area contributed by atoms with E-state index in [1.807, 2.05) is 49.4 Å². The number of nitrogens with one attached hydrogen (secondary N) is 1. The monoisotopic (exact) mass is 348 g/mol. The van der Waals surface area contributed by atoms with E-state index in [0.29, 0.717) is 18.0 Å². The zero-order chi connectivity index (χ0) is 18.2. The molecule has 2 aromatic carbocycles. The van der Waals surface area contributed by atoms with Crippen molar-refractivity contribution in [3.63, 3.8) is 0 Å². The van der Waals surface area contributed by atoms with E-state index in [-0.39, 0.29) is 12.5 Å². The van der Waals surface area contributed by atoms with Crippen molar-refractivity contribution in [2.24, 2.45) is 0 Å². The van der Waals surface area contributed by atoms with E-state index < -0.39 is 0 Å². The van der Waals surface area contributed by atoms with Crippen molar-refractivity contribution in [2.75, 3.05) is 11.9 Å². The third-order valence-electron chi connectivity index (χ3n) is 3.62. The van der Waals surface area contributed by atoms with E-state index in [1.165, 1.54) is 0 Å². The van der Waals surface area contributed by atoms with Crippen molar-refractivity contribution in [2.45, 2.75) is 13.5 Å². The SMILES string of the molecule is Cc1cc(NC(=O)COc2ccc(OCc3ccccc3)cc2)ccn1. The average Bonchev–Trinajstić information content (AvgIpc) is 2.66. The molecule has 1 heterocycles. The largest absolute Gasteiger partial charge is 0.489 e. The van der Waals surface area contributed by atoms with Crippen LogP contribution in [0.5, 0.6) is 11.5 Å². The van der Waals surface area contributed by atoms with Crippen LogP contribution in [0.4, 0.5) is 5.69 Å². The molecule has 1 N–H and O–H groups in total. The van der Waals surface area contributed by atoms with Crippen LogP contribution in [0, 0.1) is 6.92 Å². The Hall–Kier alpha value is -3.34. The molecule has 0 fully saturated rings. The second kappa shape index (κ2) is 8.67. The summed E-state index contributed by atoms with van der Waals surface area (Å²) in [6, 6.07) is 20.7. The molecule has 0 spiro atoms. The van der Waals surface area contributed by atoms with E-state index in [9.17, 15) is 4.79 Å². The van der Waals surface area contributed by atoms with E-state index in [4.69, 9.17) is 9.47 Å². The van der Waals surface area contributed by atoms with Crippen LogP contribution in [0.15, 0.2) is 72.9 Å². The molecule has 1 amide bonds. The van der Waals surface area contributed by atoms with Gasteiger partial charge in [-0.1, -0.05) is 30.3 Å². The summed E-state index contributed by atoms with van der Waals surface area (Å²) < 4.78 is 11.2. The van der Waals surface area contributed by atoms with Gasteiger partial charge in [0, 0.05) is 17.6 Å². The second-order valence-electron chi connectivity index (χ2n) is 5.77. The smallest absolute Gasteiger partial charge is 0.262 e. The predicted molar refractivity (Wildman–Crippen MR) is 100 cm³/mol. The van der Waals surface area contributed by atoms with Crippen LogP contribution in [0.2, 0.25) is 0 Å². The van der Waals surface area contributed by atoms with Crippen LogP contribution in [0.3, 0.4) is 0 Å². The summed E-state index contributed by atoms with van der Waals surface area (Å²) in [5, 5.41) is 2.77. The van der Waals surface area contributed by atoms with Crippen molar-refractivity contribution in [1.82, 2.24) is 4.98 Å². The summed E-state index contributed by atoms with van der Waals surface area (Å²) in [6.45, 7) is 2.31. The Balaban J connectivity index is 1.46. The number of carbonyl (C=O) groups is 1. The fourth-order valence-electron chi connectivity index (χ4n) is 2.34. The number of amides is 1. The summed E-state index contributed by atoms with van der Waals surface area (Å²) in [4.78, 5) is 16.0. The number of rotatable bonds is 7. The maximum atomic E-state index is 11.9. The van der Waals surface area contributed by atoms with Gasteiger partial charge in [0.25, 0.3) is 5.91 Å². The molecule has 0 aliphatic heterocycles. The lowest BCUT2D eigenvalue weighted by Gasteiger charge is -2.09. The van der Waals surface area contributed by atoms with Crippen LogP contribution >= 0.6 is 0 Å². The van der Waals surface area contributed by atoms with E-state index in [0.717, 1.165) is 17.0 Å². The van der Waals surface area contributed by atoms with Gasteiger partial charge >= 0.3 is 0 Å². The minimum absolute atomic E-state index is 0.0639. The molecule has 26 heavy (non-hydrogen) atoms. The third kappa shape index (κ3) is 5.34. The van der Waals surface area contributed by atoms with Gasteiger partial charge in [-0.25, -0.2) is 0 Å². The Morgan fingerprint density at radius 2 is 1.65 bits per heavy atom. The first-order valence-electron chi connectivity index (χ1n) is 8.31. The van der Waals surface area contributed by atoms with Gasteiger partial charge in [0.1, 0.15) is 18.1 Å². The van der Waals surface area contributed by atoms with Gasteiger partial charge in [-0.05, 0) is 48.9 Å². The van der Waals surface area contributed by atoms with Gasteiger partial charge in [0.05, 0.1) is 0 Å². The highest BCUT2D eigenvalue weighted by atomic mass is 16.5. The van der Waals surface area contributed by atoms with Crippen molar-refractivity contribution >= 4 is 11.6 Å². The summed E-state index contributed by atoms with van der Waals surface area (Å²) in [7, 11) is 0. The molecular weight excluding hydrogens is 328 g/mol. The maximum absolute atomic E-state index is 11.9. The zero-order valence-electron chi connectivity index (χ0n) is 14.5. The second-order valence-corrected chi connectivity index (χ2v) is 5.77. The molecule has 3 rings (SSSR count). The summed E-state index contributed by atoms with van der Waals surface area (Å²) in [5.74, 6) is 1.14. The van der Waals surface area contributed by atoms with Gasteiger partial charge in [0.15, 0.2) is 6.61 Å². The molecule has 0 aliphatic carbocycles. The Labute approximate surface area is 152 Å². The van der Waals surface area contributed by atoms with Gasteiger partial charge in [-0.15, -0.1) is 0 Å². The molecular formula is C21H20N2O3. The third-order valence-corrected chi connectivity index (χ3v) is 3.62. The van der Waals surface area contributed by atoms with Crippen molar-refractivity contribution < 1.29 is 14.3 Å². The van der Waals surface area contributed by atoms with Crippen molar-refractivity contribution in [1.29, 1.82) is 0 Å². The molecule has 5 nitrogen and oxygen atoms in total. The Morgan fingerprint density at radius 1 is 0.962 bits per heavy atom. The number of anilines is 1. The van der Waals surface area contributed by atoms with Crippen molar-refractivity contribution in [3.8, 4) is 11.5 Å². The molecule has 0 atom stereocenters. The summed E-state index contributed by atoms with van der Waals surface area (Å²) in [6.07, 6.45) is 1.65. The van der Waals surface area contributed by atoms with E-state index >= 15 is 0 Å². The number of benzene rings is 2. The van der Waals surface area contributed by atoms with Gasteiger partial charge in [-0.2, -0.15) is 0 Å². The highest BCUT2D eigenvalue weighted by molar-refractivity contribution is 5.91. The summed E-state index contributed by atoms with van der Waals surface area (Å²) in [5.41, 5.74) is 2.65. The molecule has 0 aliphatic rings. The predicted octanol–water partition coefficient (Wildman–Crippen LogP) is 3.99. The standard InChI is InChI=1S/C21H20N2O3/c1-16-13-18(11-12-22-16)23-21(24)15-26-20-9-7-19(8-10-20)25-14-17-5-3-2-4-6-17/h2-13H,14-15H2,1H3,(H,22,23,24). The molecule has 0 bridgehead atoms. The Kier molecular flexibility index (Phi) is 5.83. The van der Waals surface area contributed by atoms with Crippen LogP contribution in [0.25, 0.3) is 0 Å². The number of ether oxygens (including phenoxy) is 2. The van der Waals surface area contributed by atoms with Crippen LogP contribution < -0.4 is 14.8 Å². The molecule has 0 saturated carbocycles. The quantitative estimate of drug-likeness (QED) is 0.701. The highest BCUT2D eigenvalue weighted by Gasteiger charge is 2.05. The highest BCUT2D eigenvalue weighted by Crippen LogP contribution is 2.19. The number of hydrogen-bond acceptors (Lipinski definition) is 4. The molecule has 0 radical (unpaired) electrons. The minimum Gasteiger partial charge on any atom is -0.489 e. The maximum Gasteiger partial charge on any atom is 0.262 e. The Morgan fingerprint density at radius 3 is 2.35 bits per heavy atom. The normalized spacial score (nSPS) is 10.2. The van der Waals surface area contributed by atoms with Crippen LogP contribution in [-0.4, -0.2) is 17.5 Å². The topological polar surface area (TPSA) is 60.5 Å². The molecule has 3 aromatic rings. The Bertz CT molecular complexity index is 849. The first-order chi connectivity index (χ1) is 12.7. The molecule has 5 heteroatoms. The lowest BCUT2D eigenvalue weighted by atomic mass is 10.2. The average molecular weight is 348 g/mol. The fourth-order valence-corrected chi connectivity index (χ4v) is 2.34. The first-order valence-corrected chi connectivity index (χ1v) is 8.31. The van der Waals surface area contributed by atoms with Crippen LogP contribution in [0.1, 0.15) is 11.3 Å². The number of pyridine rings is 1. The molecule has 0 saturated heterocycles. The first kappa shape index (κ1) is 17.5. The number of aryl methyl sites for hydroxylation is 1. The fraction of sp³-hybridized carbons (Fsp3) is 0.143.